The van der Waals surface area contributed by atoms with Gasteiger partial charge in [-0.15, -0.1) is 0 Å². The van der Waals surface area contributed by atoms with E-state index in [2.05, 4.69) is 0 Å². The lowest BCUT2D eigenvalue weighted by atomic mass is 9.60. The molecular weight excluding hydrogens is 392 g/mol. The lowest BCUT2D eigenvalue weighted by Gasteiger charge is -2.49. The Balaban J connectivity index is 7.24. The van der Waals surface area contributed by atoms with Gasteiger partial charge in [0.15, 0.2) is 28.7 Å². The third kappa shape index (κ3) is 3.96. The molecule has 0 amide bonds. The van der Waals surface area contributed by atoms with E-state index in [0.717, 1.165) is 6.92 Å². The zero-order valence-electron chi connectivity index (χ0n) is 16.8. The average molecular weight is 418 g/mol. The highest BCUT2D eigenvalue weighted by atomic mass is 16.4. The number of aliphatic hydroxyl groups excluding tert-OH is 2. The zero-order valence-corrected chi connectivity index (χ0v) is 16.8. The van der Waals surface area contributed by atoms with Crippen molar-refractivity contribution >= 4 is 34.7 Å². The summed E-state index contributed by atoms with van der Waals surface area (Å²) in [5, 5.41) is 52.7. The number of Topliss-reactive ketones (excluding diaryl/α,β-unsaturated/α-hetero) is 6. The summed E-state index contributed by atoms with van der Waals surface area (Å²) < 4.78 is 0. The number of rotatable bonds is 12. The molecule has 164 valence electrons. The molecule has 0 saturated carbocycles. The summed E-state index contributed by atoms with van der Waals surface area (Å²) in [6.07, 6.45) is -5.96. The molecule has 0 radical (unpaired) electrons. The van der Waals surface area contributed by atoms with E-state index in [1.54, 1.807) is 0 Å². The fourth-order valence-corrected chi connectivity index (χ4v) is 3.05. The zero-order chi connectivity index (χ0) is 23.5. The minimum Gasteiger partial charge on any atom is -0.386 e. The molecule has 0 bridgehead atoms. The summed E-state index contributed by atoms with van der Waals surface area (Å²) >= 11 is 0. The van der Waals surface area contributed by atoms with E-state index in [4.69, 9.17) is 0 Å². The Labute approximate surface area is 166 Å². The molecule has 0 aromatic carbocycles. The van der Waals surface area contributed by atoms with Gasteiger partial charge in [-0.2, -0.15) is 0 Å². The van der Waals surface area contributed by atoms with Crippen LogP contribution in [0.1, 0.15) is 47.5 Å². The molecule has 0 aromatic heterocycles. The van der Waals surface area contributed by atoms with Crippen molar-refractivity contribution in [1.82, 2.24) is 0 Å². The second-order valence-corrected chi connectivity index (χ2v) is 6.86. The van der Waals surface area contributed by atoms with Gasteiger partial charge in [-0.1, -0.05) is 6.92 Å². The Morgan fingerprint density at radius 2 is 1.24 bits per heavy atom. The Hall–Kier alpha value is -2.18. The highest BCUT2D eigenvalue weighted by molar-refractivity contribution is 6.46. The third-order valence-electron chi connectivity index (χ3n) is 4.83. The molecule has 0 aliphatic heterocycles. The maximum absolute atomic E-state index is 12.6. The van der Waals surface area contributed by atoms with Crippen LogP contribution in [0.3, 0.4) is 0 Å². The van der Waals surface area contributed by atoms with E-state index in [-0.39, 0.29) is 6.42 Å². The molecule has 0 aliphatic rings. The minimum atomic E-state index is -4.12. The summed E-state index contributed by atoms with van der Waals surface area (Å²) in [6.45, 7) is 3.66. The van der Waals surface area contributed by atoms with Crippen LogP contribution in [-0.2, 0) is 28.8 Å². The van der Waals surface area contributed by atoms with Crippen molar-refractivity contribution in [2.45, 2.75) is 76.5 Å². The first-order chi connectivity index (χ1) is 13.0. The second kappa shape index (κ2) is 9.09. The number of hydrogen-bond donors (Lipinski definition) is 5. The fourth-order valence-electron chi connectivity index (χ4n) is 3.05. The first kappa shape index (κ1) is 26.8. The summed E-state index contributed by atoms with van der Waals surface area (Å²) in [5.41, 5.74) is -12.0. The van der Waals surface area contributed by atoms with Gasteiger partial charge in [0.1, 0.15) is 12.2 Å². The summed E-state index contributed by atoms with van der Waals surface area (Å²) in [7, 11) is 0. The third-order valence-corrected chi connectivity index (χ3v) is 4.83. The van der Waals surface area contributed by atoms with Gasteiger partial charge < -0.3 is 25.5 Å². The normalized spacial score (nSPS) is 19.7. The van der Waals surface area contributed by atoms with Crippen molar-refractivity contribution < 1.29 is 54.3 Å². The number of aliphatic hydroxyl groups is 5. The molecule has 0 fully saturated rings. The highest BCUT2D eigenvalue weighted by Crippen LogP contribution is 2.40. The minimum absolute atomic E-state index is 0.0692. The van der Waals surface area contributed by atoms with Crippen molar-refractivity contribution in [3.63, 3.8) is 0 Å². The molecule has 11 nitrogen and oxygen atoms in total. The van der Waals surface area contributed by atoms with Crippen LogP contribution < -0.4 is 0 Å². The lowest BCUT2D eigenvalue weighted by Crippen LogP contribution is -2.82. The molecule has 0 rings (SSSR count). The molecule has 0 aromatic rings. The Bertz CT molecular complexity index is 742. The van der Waals surface area contributed by atoms with Crippen LogP contribution in [0.2, 0.25) is 0 Å². The van der Waals surface area contributed by atoms with Crippen molar-refractivity contribution in [3.8, 4) is 0 Å². The van der Waals surface area contributed by atoms with Crippen LogP contribution in [0, 0.1) is 0 Å². The maximum atomic E-state index is 12.6. The number of carbonyl (C=O) groups excluding carboxylic acids is 6. The Kier molecular flexibility index (Phi) is 8.41. The molecule has 0 heterocycles. The number of hydrogen-bond acceptors (Lipinski definition) is 11. The number of carbonyl (C=O) groups is 6. The van der Waals surface area contributed by atoms with Crippen molar-refractivity contribution in [2.24, 2.45) is 0 Å². The van der Waals surface area contributed by atoms with Crippen LogP contribution in [0.25, 0.3) is 0 Å². The topological polar surface area (TPSA) is 204 Å². The maximum Gasteiger partial charge on any atom is 0.241 e. The first-order valence-electron chi connectivity index (χ1n) is 8.63. The van der Waals surface area contributed by atoms with E-state index in [9.17, 15) is 54.3 Å². The molecule has 0 aliphatic carbocycles. The van der Waals surface area contributed by atoms with E-state index in [1.165, 1.54) is 6.92 Å². The molecule has 11 heteroatoms. The van der Waals surface area contributed by atoms with Crippen LogP contribution in [0.15, 0.2) is 0 Å². The largest absolute Gasteiger partial charge is 0.386 e. The number of ketones is 6. The van der Waals surface area contributed by atoms with Crippen LogP contribution in [0.5, 0.6) is 0 Å². The molecule has 1 unspecified atom stereocenters. The van der Waals surface area contributed by atoms with Gasteiger partial charge in [0.05, 0.1) is 0 Å². The molecule has 0 saturated heterocycles. The van der Waals surface area contributed by atoms with Gasteiger partial charge in [-0.3, -0.25) is 28.8 Å². The van der Waals surface area contributed by atoms with Crippen LogP contribution in [-0.4, -0.2) is 89.2 Å². The molecular formula is C18H26O11. The van der Waals surface area contributed by atoms with Crippen molar-refractivity contribution in [3.05, 3.63) is 0 Å². The molecule has 5 N–H and O–H groups in total. The standard InChI is InChI=1S/C18H26O11/c1-6-7-12(23)14(25)16(27,9(3)20)18(29,11(5)22)17(28,10(4)21)15(26)13(24)8(2)19/h13,15,24,26-29H,6-7H2,1-5H3/t13?,15-,16+,17-,18-/m1/s1. The van der Waals surface area contributed by atoms with Crippen molar-refractivity contribution in [2.75, 3.05) is 0 Å². The lowest BCUT2D eigenvalue weighted by molar-refractivity contribution is -0.250. The van der Waals surface area contributed by atoms with Crippen molar-refractivity contribution in [1.29, 1.82) is 0 Å². The second-order valence-electron chi connectivity index (χ2n) is 6.86. The molecule has 0 spiro atoms. The van der Waals surface area contributed by atoms with Gasteiger partial charge in [-0.05, 0) is 34.1 Å². The fraction of sp³-hybridized carbons (Fsp3) is 0.667. The predicted octanol–water partition coefficient (Wildman–Crippen LogP) is -2.80. The van der Waals surface area contributed by atoms with Gasteiger partial charge in [-0.25, -0.2) is 0 Å². The van der Waals surface area contributed by atoms with E-state index < -0.39 is 70.1 Å². The average Bonchev–Trinajstić information content (AvgIpc) is 2.63. The monoisotopic (exact) mass is 418 g/mol. The summed E-state index contributed by atoms with van der Waals surface area (Å²) in [6, 6.07) is 0. The molecule has 29 heavy (non-hydrogen) atoms. The smallest absolute Gasteiger partial charge is 0.241 e. The quantitative estimate of drug-likeness (QED) is 0.162. The SMILES string of the molecule is CCCC(=O)C(=O)[C@@](O)(C(C)=O)[C@](O)(C(C)=O)[C@@](O)(C(C)=O)[C@H](O)C(O)C(C)=O. The molecule has 5 atom stereocenters. The van der Waals surface area contributed by atoms with Gasteiger partial charge >= 0.3 is 0 Å². The van der Waals surface area contributed by atoms with Crippen LogP contribution >= 0.6 is 0 Å². The van der Waals surface area contributed by atoms with E-state index in [1.807, 2.05) is 0 Å². The highest BCUT2D eigenvalue weighted by Gasteiger charge is 2.75. The Morgan fingerprint density at radius 3 is 1.52 bits per heavy atom. The van der Waals surface area contributed by atoms with E-state index in [0.29, 0.717) is 20.8 Å². The first-order valence-corrected chi connectivity index (χ1v) is 8.63. The Morgan fingerprint density at radius 1 is 0.793 bits per heavy atom. The van der Waals surface area contributed by atoms with E-state index >= 15 is 0 Å². The van der Waals surface area contributed by atoms with Gasteiger partial charge in [0.25, 0.3) is 0 Å². The van der Waals surface area contributed by atoms with Crippen LogP contribution in [0.4, 0.5) is 0 Å². The summed E-state index contributed by atoms with van der Waals surface area (Å²) in [4.78, 5) is 72.8. The van der Waals surface area contributed by atoms with Gasteiger partial charge in [0, 0.05) is 6.42 Å². The predicted molar refractivity (Wildman–Crippen MR) is 94.5 cm³/mol. The summed E-state index contributed by atoms with van der Waals surface area (Å²) in [5.74, 6) is -9.78. The van der Waals surface area contributed by atoms with Gasteiger partial charge in [0.2, 0.25) is 22.8 Å².